The first kappa shape index (κ1) is 8.72. The highest BCUT2D eigenvalue weighted by molar-refractivity contribution is 5.49. The minimum Gasteiger partial charge on any atom is -0.375 e. The second-order valence-electron chi connectivity index (χ2n) is 3.88. The van der Waals surface area contributed by atoms with E-state index in [1.807, 2.05) is 0 Å². The third kappa shape index (κ3) is 2.62. The van der Waals surface area contributed by atoms with Crippen molar-refractivity contribution in [2.24, 2.45) is 5.92 Å². The maximum absolute atomic E-state index is 10.1. The largest absolute Gasteiger partial charge is 0.375 e. The van der Waals surface area contributed by atoms with Crippen LogP contribution in [0.5, 0.6) is 0 Å². The van der Waals surface area contributed by atoms with E-state index in [1.165, 1.54) is 0 Å². The van der Waals surface area contributed by atoms with Gasteiger partial charge in [0.1, 0.15) is 6.29 Å². The fourth-order valence-corrected chi connectivity index (χ4v) is 1.65. The zero-order valence-electron chi connectivity index (χ0n) is 7.30. The molecule has 1 rings (SSSR count). The molecule has 0 saturated carbocycles. The molecule has 2 heteroatoms. The van der Waals surface area contributed by atoms with E-state index in [1.54, 1.807) is 0 Å². The van der Waals surface area contributed by atoms with Gasteiger partial charge >= 0.3 is 0 Å². The Morgan fingerprint density at radius 3 is 2.82 bits per heavy atom. The molecule has 0 aliphatic carbocycles. The highest BCUT2D eigenvalue weighted by atomic mass is 16.5. The van der Waals surface area contributed by atoms with Crippen LogP contribution >= 0.6 is 0 Å². The van der Waals surface area contributed by atoms with E-state index in [2.05, 4.69) is 13.8 Å². The molecule has 0 aromatic rings. The number of carbonyl (C=O) groups excluding carboxylic acids is 1. The Labute approximate surface area is 67.9 Å². The van der Waals surface area contributed by atoms with Gasteiger partial charge in [-0.1, -0.05) is 0 Å². The molecule has 0 spiro atoms. The molecule has 64 valence electrons. The molecule has 11 heavy (non-hydrogen) atoms. The van der Waals surface area contributed by atoms with Gasteiger partial charge in [0, 0.05) is 6.42 Å². The van der Waals surface area contributed by atoms with Crippen molar-refractivity contribution in [1.29, 1.82) is 0 Å². The normalized spacial score (nSPS) is 28.7. The zero-order valence-corrected chi connectivity index (χ0v) is 7.30. The van der Waals surface area contributed by atoms with Gasteiger partial charge < -0.3 is 9.53 Å². The van der Waals surface area contributed by atoms with Crippen molar-refractivity contribution in [2.45, 2.75) is 38.7 Å². The van der Waals surface area contributed by atoms with E-state index in [-0.39, 0.29) is 5.60 Å². The minimum absolute atomic E-state index is 0.0492. The molecule has 0 radical (unpaired) electrons. The molecule has 1 heterocycles. The molecule has 2 nitrogen and oxygen atoms in total. The number of hydrogen-bond donors (Lipinski definition) is 0. The first-order chi connectivity index (χ1) is 5.14. The second kappa shape index (κ2) is 3.35. The molecule has 0 amide bonds. The molecule has 0 bridgehead atoms. The predicted molar refractivity (Wildman–Crippen MR) is 43.4 cm³/mol. The van der Waals surface area contributed by atoms with Crippen molar-refractivity contribution in [1.82, 2.24) is 0 Å². The Kier molecular flexibility index (Phi) is 2.66. The number of ether oxygens (including phenoxy) is 1. The topological polar surface area (TPSA) is 26.3 Å². The summed E-state index contributed by atoms with van der Waals surface area (Å²) >= 11 is 0. The zero-order chi connectivity index (χ0) is 8.32. The SMILES string of the molecule is CC1(C)C[C@@H](CCC=O)CO1. The maximum atomic E-state index is 10.1. The van der Waals surface area contributed by atoms with Crippen LogP contribution in [0.3, 0.4) is 0 Å². The van der Waals surface area contributed by atoms with Crippen LogP contribution in [0, 0.1) is 5.92 Å². The molecule has 0 aromatic carbocycles. The van der Waals surface area contributed by atoms with E-state index < -0.39 is 0 Å². The summed E-state index contributed by atoms with van der Waals surface area (Å²) in [6.07, 6.45) is 3.77. The lowest BCUT2D eigenvalue weighted by Gasteiger charge is -2.15. The molecule has 0 N–H and O–H groups in total. The Morgan fingerprint density at radius 1 is 1.64 bits per heavy atom. The third-order valence-corrected chi connectivity index (χ3v) is 2.18. The van der Waals surface area contributed by atoms with E-state index >= 15 is 0 Å². The molecule has 1 aliphatic heterocycles. The standard InChI is InChI=1S/C9H16O2/c1-9(2)6-8(7-11-9)4-3-5-10/h5,8H,3-4,6-7H2,1-2H3/t8-/m1/s1. The van der Waals surface area contributed by atoms with Gasteiger partial charge in [0.05, 0.1) is 12.2 Å². The van der Waals surface area contributed by atoms with E-state index in [9.17, 15) is 4.79 Å². The summed E-state index contributed by atoms with van der Waals surface area (Å²) in [5.41, 5.74) is 0.0492. The van der Waals surface area contributed by atoms with Crippen molar-refractivity contribution in [3.8, 4) is 0 Å². The molecular weight excluding hydrogens is 140 g/mol. The molecule has 0 unspecified atom stereocenters. The van der Waals surface area contributed by atoms with Crippen LogP contribution in [0.1, 0.15) is 33.1 Å². The molecule has 0 aromatic heterocycles. The molecular formula is C9H16O2. The monoisotopic (exact) mass is 156 g/mol. The Morgan fingerprint density at radius 2 is 2.36 bits per heavy atom. The van der Waals surface area contributed by atoms with Gasteiger partial charge in [-0.25, -0.2) is 0 Å². The fourth-order valence-electron chi connectivity index (χ4n) is 1.65. The summed E-state index contributed by atoms with van der Waals surface area (Å²) in [6.45, 7) is 5.04. The highest BCUT2D eigenvalue weighted by Gasteiger charge is 2.31. The summed E-state index contributed by atoms with van der Waals surface area (Å²) in [5, 5.41) is 0. The van der Waals surface area contributed by atoms with Crippen molar-refractivity contribution in [3.63, 3.8) is 0 Å². The second-order valence-corrected chi connectivity index (χ2v) is 3.88. The number of aldehydes is 1. The van der Waals surface area contributed by atoms with Crippen LogP contribution in [-0.4, -0.2) is 18.5 Å². The average molecular weight is 156 g/mol. The first-order valence-corrected chi connectivity index (χ1v) is 4.22. The molecule has 1 atom stereocenters. The summed E-state index contributed by atoms with van der Waals surface area (Å²) in [4.78, 5) is 10.1. The molecule has 1 saturated heterocycles. The number of rotatable bonds is 3. The average Bonchev–Trinajstić information content (AvgIpc) is 2.26. The molecule has 1 aliphatic rings. The molecule has 1 fully saturated rings. The van der Waals surface area contributed by atoms with Gasteiger partial charge in [0.2, 0.25) is 0 Å². The highest BCUT2D eigenvalue weighted by Crippen LogP contribution is 2.31. The van der Waals surface area contributed by atoms with Gasteiger partial charge in [-0.2, -0.15) is 0 Å². The van der Waals surface area contributed by atoms with Crippen LogP contribution in [-0.2, 0) is 9.53 Å². The number of carbonyl (C=O) groups is 1. The summed E-state index contributed by atoms with van der Waals surface area (Å²) in [7, 11) is 0. The van der Waals surface area contributed by atoms with Crippen LogP contribution < -0.4 is 0 Å². The fraction of sp³-hybridized carbons (Fsp3) is 0.889. The minimum atomic E-state index is 0.0492. The van der Waals surface area contributed by atoms with Gasteiger partial charge in [-0.05, 0) is 32.6 Å². The van der Waals surface area contributed by atoms with Gasteiger partial charge in [0.15, 0.2) is 0 Å². The maximum Gasteiger partial charge on any atom is 0.120 e. The summed E-state index contributed by atoms with van der Waals surface area (Å²) < 4.78 is 5.53. The van der Waals surface area contributed by atoms with E-state index in [0.717, 1.165) is 25.7 Å². The van der Waals surface area contributed by atoms with Crippen molar-refractivity contribution < 1.29 is 9.53 Å². The van der Waals surface area contributed by atoms with Crippen molar-refractivity contribution in [2.75, 3.05) is 6.61 Å². The van der Waals surface area contributed by atoms with Crippen LogP contribution in [0.15, 0.2) is 0 Å². The van der Waals surface area contributed by atoms with Gasteiger partial charge in [-0.15, -0.1) is 0 Å². The number of hydrogen-bond acceptors (Lipinski definition) is 2. The van der Waals surface area contributed by atoms with E-state index in [0.29, 0.717) is 12.3 Å². The predicted octanol–water partition coefficient (Wildman–Crippen LogP) is 1.78. The van der Waals surface area contributed by atoms with Crippen LogP contribution in [0.25, 0.3) is 0 Å². The van der Waals surface area contributed by atoms with Crippen LogP contribution in [0.2, 0.25) is 0 Å². The van der Waals surface area contributed by atoms with Crippen molar-refractivity contribution in [3.05, 3.63) is 0 Å². The third-order valence-electron chi connectivity index (χ3n) is 2.18. The van der Waals surface area contributed by atoms with Gasteiger partial charge in [0.25, 0.3) is 0 Å². The lowest BCUT2D eigenvalue weighted by molar-refractivity contribution is -0.108. The Hall–Kier alpha value is -0.370. The van der Waals surface area contributed by atoms with E-state index in [4.69, 9.17) is 4.74 Å². The summed E-state index contributed by atoms with van der Waals surface area (Å²) in [5.74, 6) is 0.607. The smallest absolute Gasteiger partial charge is 0.120 e. The van der Waals surface area contributed by atoms with Crippen molar-refractivity contribution >= 4 is 6.29 Å². The Balaban J connectivity index is 2.24. The van der Waals surface area contributed by atoms with Gasteiger partial charge in [-0.3, -0.25) is 0 Å². The first-order valence-electron chi connectivity index (χ1n) is 4.22. The lowest BCUT2D eigenvalue weighted by atomic mass is 9.94. The quantitative estimate of drug-likeness (QED) is 0.582. The Bertz CT molecular complexity index is 140. The lowest BCUT2D eigenvalue weighted by Crippen LogP contribution is -2.16. The summed E-state index contributed by atoms with van der Waals surface area (Å²) in [6, 6.07) is 0. The van der Waals surface area contributed by atoms with Crippen LogP contribution in [0.4, 0.5) is 0 Å².